The summed E-state index contributed by atoms with van der Waals surface area (Å²) in [6.45, 7) is 3.87. The highest BCUT2D eigenvalue weighted by Gasteiger charge is 2.30. The Labute approximate surface area is 144 Å². The summed E-state index contributed by atoms with van der Waals surface area (Å²) in [6.07, 6.45) is 6.77. The highest BCUT2D eigenvalue weighted by atomic mass is 16.3. The molecule has 1 aromatic carbocycles. The number of nitrogens with zero attached hydrogens (tertiary/aromatic N) is 3. The van der Waals surface area contributed by atoms with Crippen molar-refractivity contribution in [2.75, 3.05) is 6.54 Å². The van der Waals surface area contributed by atoms with Gasteiger partial charge in [-0.25, -0.2) is 4.68 Å². The lowest BCUT2D eigenvalue weighted by Gasteiger charge is -2.37. The third-order valence-electron chi connectivity index (χ3n) is 5.59. The standard InChI is InChI=1S/C20H27N3O/c1-15(24)19-11-5-6-13-22(19)14-18-17-10-7-12-20(17)23(21-18)16-8-3-2-4-9-16/h2-4,8-9,15,19,24H,5-7,10-14H2,1H3. The molecular formula is C20H27N3O. The van der Waals surface area contributed by atoms with Crippen molar-refractivity contribution in [3.63, 3.8) is 0 Å². The van der Waals surface area contributed by atoms with Crippen molar-refractivity contribution in [2.24, 2.45) is 0 Å². The van der Waals surface area contributed by atoms with Crippen LogP contribution in [0.3, 0.4) is 0 Å². The molecule has 2 atom stereocenters. The van der Waals surface area contributed by atoms with Crippen LogP contribution in [0, 0.1) is 0 Å². The van der Waals surface area contributed by atoms with Gasteiger partial charge in [0.05, 0.1) is 17.5 Å². The van der Waals surface area contributed by atoms with Crippen LogP contribution in [0.15, 0.2) is 30.3 Å². The Morgan fingerprint density at radius 3 is 2.79 bits per heavy atom. The molecule has 1 aliphatic heterocycles. The van der Waals surface area contributed by atoms with Crippen LogP contribution in [-0.2, 0) is 19.4 Å². The van der Waals surface area contributed by atoms with E-state index in [1.807, 2.05) is 6.92 Å². The molecule has 1 aliphatic carbocycles. The maximum Gasteiger partial charge on any atom is 0.0804 e. The Balaban J connectivity index is 1.64. The number of para-hydroxylation sites is 1. The van der Waals surface area contributed by atoms with Gasteiger partial charge < -0.3 is 5.11 Å². The second kappa shape index (κ2) is 6.69. The third-order valence-corrected chi connectivity index (χ3v) is 5.59. The maximum absolute atomic E-state index is 10.1. The molecule has 0 amide bonds. The Kier molecular flexibility index (Phi) is 4.42. The van der Waals surface area contributed by atoms with Crippen molar-refractivity contribution in [1.29, 1.82) is 0 Å². The van der Waals surface area contributed by atoms with E-state index < -0.39 is 0 Å². The number of hydrogen-bond acceptors (Lipinski definition) is 3. The average molecular weight is 325 g/mol. The summed E-state index contributed by atoms with van der Waals surface area (Å²) in [7, 11) is 0. The molecule has 1 N–H and O–H groups in total. The van der Waals surface area contributed by atoms with Gasteiger partial charge in [-0.2, -0.15) is 5.10 Å². The molecule has 4 nitrogen and oxygen atoms in total. The van der Waals surface area contributed by atoms with E-state index in [9.17, 15) is 5.11 Å². The first-order chi connectivity index (χ1) is 11.7. The molecule has 0 radical (unpaired) electrons. The first-order valence-electron chi connectivity index (χ1n) is 9.31. The second-order valence-corrected chi connectivity index (χ2v) is 7.25. The van der Waals surface area contributed by atoms with Gasteiger partial charge in [0.25, 0.3) is 0 Å². The van der Waals surface area contributed by atoms with Gasteiger partial charge in [-0.3, -0.25) is 4.90 Å². The minimum Gasteiger partial charge on any atom is -0.392 e. The predicted octanol–water partition coefficient (Wildman–Crippen LogP) is 3.10. The molecule has 128 valence electrons. The summed E-state index contributed by atoms with van der Waals surface area (Å²) in [4.78, 5) is 2.45. The molecule has 0 spiro atoms. The van der Waals surface area contributed by atoms with Gasteiger partial charge in [-0.15, -0.1) is 0 Å². The number of piperidine rings is 1. The van der Waals surface area contributed by atoms with Crippen LogP contribution in [0.4, 0.5) is 0 Å². The van der Waals surface area contributed by atoms with E-state index in [-0.39, 0.29) is 12.1 Å². The quantitative estimate of drug-likeness (QED) is 0.939. The number of hydrogen-bond donors (Lipinski definition) is 1. The molecule has 4 heteroatoms. The topological polar surface area (TPSA) is 41.3 Å². The smallest absolute Gasteiger partial charge is 0.0804 e. The number of aliphatic hydroxyl groups excluding tert-OH is 1. The lowest BCUT2D eigenvalue weighted by molar-refractivity contribution is 0.0308. The number of aromatic nitrogens is 2. The SMILES string of the molecule is CC(O)C1CCCCN1Cc1nn(-c2ccccc2)c2c1CCC2. The summed E-state index contributed by atoms with van der Waals surface area (Å²) < 4.78 is 2.15. The average Bonchev–Trinajstić information content (AvgIpc) is 3.20. The Morgan fingerprint density at radius 2 is 2.00 bits per heavy atom. The van der Waals surface area contributed by atoms with E-state index >= 15 is 0 Å². The predicted molar refractivity (Wildman–Crippen MR) is 95.3 cm³/mol. The molecule has 2 aliphatic rings. The van der Waals surface area contributed by atoms with Crippen LogP contribution in [0.5, 0.6) is 0 Å². The summed E-state index contributed by atoms with van der Waals surface area (Å²) in [5.74, 6) is 0. The third kappa shape index (κ3) is 2.89. The van der Waals surface area contributed by atoms with E-state index in [1.165, 1.54) is 36.2 Å². The van der Waals surface area contributed by atoms with E-state index in [2.05, 4.69) is 39.9 Å². The van der Waals surface area contributed by atoms with Crippen molar-refractivity contribution in [3.05, 3.63) is 47.3 Å². The van der Waals surface area contributed by atoms with Crippen LogP contribution in [-0.4, -0.2) is 38.5 Å². The van der Waals surface area contributed by atoms with Crippen molar-refractivity contribution in [1.82, 2.24) is 14.7 Å². The molecule has 1 aromatic heterocycles. The first-order valence-corrected chi connectivity index (χ1v) is 9.31. The number of likely N-dealkylation sites (tertiary alicyclic amines) is 1. The van der Waals surface area contributed by atoms with Gasteiger partial charge in [0.1, 0.15) is 0 Å². The monoisotopic (exact) mass is 325 g/mol. The van der Waals surface area contributed by atoms with E-state index in [0.717, 1.165) is 38.0 Å². The van der Waals surface area contributed by atoms with Gasteiger partial charge >= 0.3 is 0 Å². The molecule has 4 rings (SSSR count). The van der Waals surface area contributed by atoms with Crippen molar-refractivity contribution in [2.45, 2.75) is 64.1 Å². The van der Waals surface area contributed by atoms with Gasteiger partial charge in [-0.05, 0) is 63.3 Å². The zero-order chi connectivity index (χ0) is 16.5. The number of rotatable bonds is 4. The first kappa shape index (κ1) is 15.9. The van der Waals surface area contributed by atoms with Gasteiger partial charge in [-0.1, -0.05) is 24.6 Å². The Bertz CT molecular complexity index is 692. The fraction of sp³-hybridized carbons (Fsp3) is 0.550. The van der Waals surface area contributed by atoms with E-state index in [0.29, 0.717) is 0 Å². The summed E-state index contributed by atoms with van der Waals surface area (Å²) in [5.41, 5.74) is 5.22. The summed E-state index contributed by atoms with van der Waals surface area (Å²) >= 11 is 0. The number of aliphatic hydroxyl groups is 1. The highest BCUT2D eigenvalue weighted by Crippen LogP contribution is 2.30. The van der Waals surface area contributed by atoms with Crippen molar-refractivity contribution >= 4 is 0 Å². The fourth-order valence-electron chi connectivity index (χ4n) is 4.38. The largest absolute Gasteiger partial charge is 0.392 e. The molecule has 2 heterocycles. The normalized spacial score (nSPS) is 22.5. The molecule has 2 aromatic rings. The van der Waals surface area contributed by atoms with Gasteiger partial charge in [0, 0.05) is 18.3 Å². The zero-order valence-electron chi connectivity index (χ0n) is 14.5. The van der Waals surface area contributed by atoms with Crippen LogP contribution in [0.1, 0.15) is 49.6 Å². The van der Waals surface area contributed by atoms with E-state index in [4.69, 9.17) is 5.10 Å². The lowest BCUT2D eigenvalue weighted by atomic mass is 9.97. The molecular weight excluding hydrogens is 298 g/mol. The minimum atomic E-state index is -0.269. The lowest BCUT2D eigenvalue weighted by Crippen LogP contribution is -2.45. The van der Waals surface area contributed by atoms with Crippen LogP contribution in [0.25, 0.3) is 5.69 Å². The zero-order valence-corrected chi connectivity index (χ0v) is 14.5. The highest BCUT2D eigenvalue weighted by molar-refractivity contribution is 5.39. The summed E-state index contributed by atoms with van der Waals surface area (Å²) in [6, 6.07) is 10.7. The second-order valence-electron chi connectivity index (χ2n) is 7.25. The van der Waals surface area contributed by atoms with Gasteiger partial charge in [0.2, 0.25) is 0 Å². The maximum atomic E-state index is 10.1. The molecule has 24 heavy (non-hydrogen) atoms. The van der Waals surface area contributed by atoms with Crippen molar-refractivity contribution < 1.29 is 5.11 Å². The number of benzene rings is 1. The van der Waals surface area contributed by atoms with Crippen LogP contribution < -0.4 is 0 Å². The molecule has 1 saturated heterocycles. The molecule has 1 fully saturated rings. The van der Waals surface area contributed by atoms with Crippen LogP contribution in [0.2, 0.25) is 0 Å². The Morgan fingerprint density at radius 1 is 1.17 bits per heavy atom. The molecule has 0 saturated carbocycles. The van der Waals surface area contributed by atoms with Crippen LogP contribution >= 0.6 is 0 Å². The van der Waals surface area contributed by atoms with Crippen molar-refractivity contribution in [3.8, 4) is 5.69 Å². The van der Waals surface area contributed by atoms with Gasteiger partial charge in [0.15, 0.2) is 0 Å². The molecule has 0 bridgehead atoms. The summed E-state index contributed by atoms with van der Waals surface area (Å²) in [5, 5.41) is 15.1. The molecule has 2 unspecified atom stereocenters. The minimum absolute atomic E-state index is 0.269. The Hall–Kier alpha value is -1.65. The number of fused-ring (bicyclic) bond motifs is 1. The van der Waals surface area contributed by atoms with E-state index in [1.54, 1.807) is 0 Å². The fourth-order valence-corrected chi connectivity index (χ4v) is 4.38.